The number of rotatable bonds is 7. The second-order valence-electron chi connectivity index (χ2n) is 18.8. The van der Waals surface area contributed by atoms with Gasteiger partial charge in [-0.1, -0.05) is 179 Å². The Bertz CT molecular complexity index is 3950. The molecule has 1 unspecified atom stereocenters. The molecule has 10 aromatic rings. The first-order valence-corrected chi connectivity index (χ1v) is 23.3. The highest BCUT2D eigenvalue weighted by Gasteiger charge is 2.52. The van der Waals surface area contributed by atoms with Gasteiger partial charge in [0.25, 0.3) is 0 Å². The van der Waals surface area contributed by atoms with Gasteiger partial charge in [-0.3, -0.25) is 0 Å². The highest BCUT2D eigenvalue weighted by molar-refractivity contribution is 6.14. The number of benzene rings is 8. The lowest BCUT2D eigenvalue weighted by molar-refractivity contribution is 0.654. The van der Waals surface area contributed by atoms with E-state index in [-0.39, 0.29) is 5.41 Å². The van der Waals surface area contributed by atoms with Crippen LogP contribution in [0.4, 0.5) is 0 Å². The average Bonchev–Trinajstić information content (AvgIpc) is 4.12. The standard InChI is InChI=1S/C65H47NO/c1-7-18-55-44(9-3)48-33-29-41(36-58(48)64(55,5)6)40-30-34-60-52(35-40)53-37-51-47-20-12-15-25-57(47)65(54(10-4)43(8-2)46-19-11-14-24-56(46)65)59(51)38-61(53)66(60)42-31-27-39(28-32-42)45-22-17-23-50-49-21-13-16-26-62(49)67-63(45)50/h7-38H,2-4H2,1,5-6H3/b18-7-. The summed E-state index contributed by atoms with van der Waals surface area (Å²) < 4.78 is 8.98. The number of hydrogen-bond donors (Lipinski definition) is 0. The minimum Gasteiger partial charge on any atom is -0.455 e. The molecule has 0 radical (unpaired) electrons. The first-order chi connectivity index (χ1) is 32.8. The maximum atomic E-state index is 6.51. The zero-order valence-corrected chi connectivity index (χ0v) is 38.0. The van der Waals surface area contributed by atoms with Crippen molar-refractivity contribution in [2.75, 3.05) is 0 Å². The van der Waals surface area contributed by atoms with Crippen molar-refractivity contribution >= 4 is 54.9 Å². The van der Waals surface area contributed by atoms with Crippen LogP contribution in [0.1, 0.15) is 54.2 Å². The summed E-state index contributed by atoms with van der Waals surface area (Å²) in [6.07, 6.45) is 10.5. The highest BCUT2D eigenvalue weighted by Crippen LogP contribution is 2.63. The third kappa shape index (κ3) is 5.10. The Morgan fingerprint density at radius 3 is 1.87 bits per heavy atom. The van der Waals surface area contributed by atoms with Crippen LogP contribution >= 0.6 is 0 Å². The van der Waals surface area contributed by atoms with Gasteiger partial charge in [0.2, 0.25) is 0 Å². The fourth-order valence-electron chi connectivity index (χ4n) is 12.4. The first kappa shape index (κ1) is 39.2. The van der Waals surface area contributed by atoms with Gasteiger partial charge in [0.05, 0.1) is 16.4 Å². The van der Waals surface area contributed by atoms with Crippen LogP contribution in [0.25, 0.3) is 94.0 Å². The van der Waals surface area contributed by atoms with Crippen molar-refractivity contribution in [2.45, 2.75) is 31.6 Å². The van der Waals surface area contributed by atoms with Gasteiger partial charge in [0.1, 0.15) is 11.2 Å². The monoisotopic (exact) mass is 857 g/mol. The maximum absolute atomic E-state index is 6.51. The van der Waals surface area contributed by atoms with Crippen molar-refractivity contribution in [1.82, 2.24) is 4.57 Å². The second kappa shape index (κ2) is 14.1. The van der Waals surface area contributed by atoms with Gasteiger partial charge in [-0.25, -0.2) is 0 Å². The summed E-state index contributed by atoms with van der Waals surface area (Å²) in [6, 6.07) is 60.6. The molecule has 2 aromatic heterocycles. The fraction of sp³-hybridized carbons (Fsp3) is 0.0769. The van der Waals surface area contributed by atoms with Gasteiger partial charge >= 0.3 is 0 Å². The van der Waals surface area contributed by atoms with Gasteiger partial charge in [-0.15, -0.1) is 0 Å². The molecule has 3 aliphatic rings. The summed E-state index contributed by atoms with van der Waals surface area (Å²) >= 11 is 0. The minimum absolute atomic E-state index is 0.156. The molecule has 318 valence electrons. The summed E-state index contributed by atoms with van der Waals surface area (Å²) in [5.74, 6) is 0. The highest BCUT2D eigenvalue weighted by atomic mass is 16.3. The van der Waals surface area contributed by atoms with Crippen LogP contribution in [0, 0.1) is 0 Å². The Morgan fingerprint density at radius 1 is 0.463 bits per heavy atom. The van der Waals surface area contributed by atoms with Gasteiger partial charge in [0.15, 0.2) is 0 Å². The Hall–Kier alpha value is -8.20. The molecular weight excluding hydrogens is 811 g/mol. The van der Waals surface area contributed by atoms with Crippen molar-refractivity contribution in [2.24, 2.45) is 0 Å². The van der Waals surface area contributed by atoms with E-state index < -0.39 is 5.41 Å². The lowest BCUT2D eigenvalue weighted by Gasteiger charge is -2.31. The van der Waals surface area contributed by atoms with Crippen molar-refractivity contribution in [3.05, 3.63) is 258 Å². The first-order valence-electron chi connectivity index (χ1n) is 23.3. The largest absolute Gasteiger partial charge is 0.455 e. The summed E-state index contributed by atoms with van der Waals surface area (Å²) in [5.41, 5.74) is 24.0. The van der Waals surface area contributed by atoms with E-state index in [1.165, 1.54) is 83.1 Å². The third-order valence-corrected chi connectivity index (χ3v) is 15.3. The van der Waals surface area contributed by atoms with E-state index in [4.69, 9.17) is 4.42 Å². The van der Waals surface area contributed by atoms with Crippen LogP contribution in [0.5, 0.6) is 0 Å². The normalized spacial score (nSPS) is 16.8. The van der Waals surface area contributed by atoms with Gasteiger partial charge in [-0.05, 0) is 139 Å². The second-order valence-corrected chi connectivity index (χ2v) is 18.8. The molecule has 0 bridgehead atoms. The fourth-order valence-corrected chi connectivity index (χ4v) is 12.4. The van der Waals surface area contributed by atoms with Gasteiger partial charge in [-0.2, -0.15) is 0 Å². The summed E-state index contributed by atoms with van der Waals surface area (Å²) in [5, 5.41) is 4.68. The van der Waals surface area contributed by atoms with Crippen LogP contribution in [-0.4, -0.2) is 4.57 Å². The van der Waals surface area contributed by atoms with Crippen LogP contribution in [-0.2, 0) is 10.8 Å². The molecule has 67 heavy (non-hydrogen) atoms. The lowest BCUT2D eigenvalue weighted by atomic mass is 9.69. The quantitative estimate of drug-likeness (QED) is 0.156. The van der Waals surface area contributed by atoms with E-state index in [1.54, 1.807) is 0 Å². The lowest BCUT2D eigenvalue weighted by Crippen LogP contribution is -2.26. The average molecular weight is 858 g/mol. The van der Waals surface area contributed by atoms with E-state index in [9.17, 15) is 0 Å². The molecule has 0 amide bonds. The smallest absolute Gasteiger partial charge is 0.143 e. The molecule has 8 aromatic carbocycles. The molecule has 2 heterocycles. The third-order valence-electron chi connectivity index (χ3n) is 15.3. The molecule has 1 spiro atoms. The van der Waals surface area contributed by atoms with Crippen molar-refractivity contribution < 1.29 is 4.42 Å². The molecule has 0 fully saturated rings. The zero-order valence-electron chi connectivity index (χ0n) is 38.0. The predicted octanol–water partition coefficient (Wildman–Crippen LogP) is 17.3. The van der Waals surface area contributed by atoms with E-state index in [0.29, 0.717) is 0 Å². The van der Waals surface area contributed by atoms with Crippen molar-refractivity contribution in [3.63, 3.8) is 0 Å². The van der Waals surface area contributed by atoms with E-state index >= 15 is 0 Å². The van der Waals surface area contributed by atoms with Crippen molar-refractivity contribution in [3.8, 4) is 39.1 Å². The van der Waals surface area contributed by atoms with Gasteiger partial charge in [0, 0.05) is 38.2 Å². The number of allylic oxidation sites excluding steroid dienone is 9. The molecule has 3 aliphatic carbocycles. The summed E-state index contributed by atoms with van der Waals surface area (Å²) in [4.78, 5) is 0. The van der Waals surface area contributed by atoms with E-state index in [1.807, 2.05) is 24.3 Å². The minimum atomic E-state index is -0.551. The molecule has 2 nitrogen and oxygen atoms in total. The number of fused-ring (bicyclic) bond motifs is 14. The number of hydrogen-bond acceptors (Lipinski definition) is 1. The molecule has 0 aliphatic heterocycles. The number of para-hydroxylation sites is 2. The maximum Gasteiger partial charge on any atom is 0.143 e. The molecule has 1 atom stereocenters. The molecule has 0 saturated carbocycles. The molecule has 0 saturated heterocycles. The SMILES string of the molecule is C=CC1=C(/C=C\C)C(C)(C)c2cc(-c3ccc4c(c3)c3cc5c(cc3n4-c3ccc(-c4cccc6c4oc4ccccc46)cc3)C3(C(C=C)=C(C=C)c4ccccc43)c3ccccc3-5)ccc21. The number of aromatic nitrogens is 1. The summed E-state index contributed by atoms with van der Waals surface area (Å²) in [7, 11) is 0. The predicted molar refractivity (Wildman–Crippen MR) is 283 cm³/mol. The molecule has 0 N–H and O–H groups in total. The van der Waals surface area contributed by atoms with Crippen LogP contribution in [0.15, 0.2) is 229 Å². The van der Waals surface area contributed by atoms with Crippen molar-refractivity contribution in [1.29, 1.82) is 0 Å². The molecule has 2 heteroatoms. The Morgan fingerprint density at radius 2 is 1.09 bits per heavy atom. The van der Waals surface area contributed by atoms with Crippen LogP contribution < -0.4 is 0 Å². The van der Waals surface area contributed by atoms with E-state index in [2.05, 4.69) is 215 Å². The summed E-state index contributed by atoms with van der Waals surface area (Å²) in [6.45, 7) is 19.8. The Balaban J connectivity index is 1.06. The zero-order chi connectivity index (χ0) is 45.3. The topological polar surface area (TPSA) is 18.1 Å². The Kier molecular flexibility index (Phi) is 8.28. The molecule has 13 rings (SSSR count). The van der Waals surface area contributed by atoms with E-state index in [0.717, 1.165) is 55.4 Å². The molecular formula is C65H47NO. The van der Waals surface area contributed by atoms with Crippen LogP contribution in [0.3, 0.4) is 0 Å². The number of nitrogens with zero attached hydrogens (tertiary/aromatic N) is 1. The van der Waals surface area contributed by atoms with Gasteiger partial charge < -0.3 is 8.98 Å². The van der Waals surface area contributed by atoms with Crippen LogP contribution in [0.2, 0.25) is 0 Å². The Labute approximate surface area is 391 Å². The number of furan rings is 1.